The van der Waals surface area contributed by atoms with Crippen LogP contribution >= 0.6 is 0 Å². The first kappa shape index (κ1) is 21.1. The zero-order valence-electron chi connectivity index (χ0n) is 12.4. The summed E-state index contributed by atoms with van der Waals surface area (Å²) in [5, 5.41) is 84.5. The lowest BCUT2D eigenvalue weighted by Gasteiger charge is -2.42. The van der Waals surface area contributed by atoms with E-state index in [0.29, 0.717) is 0 Å². The van der Waals surface area contributed by atoms with Crippen molar-refractivity contribution in [1.29, 1.82) is 0 Å². The van der Waals surface area contributed by atoms with Gasteiger partial charge in [0.25, 0.3) is 0 Å². The van der Waals surface area contributed by atoms with Crippen LogP contribution in [0.4, 0.5) is 0 Å². The van der Waals surface area contributed by atoms with Crippen molar-refractivity contribution >= 4 is 5.97 Å². The average molecular weight is 358 g/mol. The Bertz CT molecular complexity index is 403. The summed E-state index contributed by atoms with van der Waals surface area (Å²) in [5.74, 6) is -1.84. The Kier molecular flexibility index (Phi) is 7.88. The topological polar surface area (TPSA) is 218 Å². The number of ether oxygens (including phenoxy) is 2. The maximum atomic E-state index is 10.7. The molecule has 1 saturated heterocycles. The molecule has 0 aliphatic carbocycles. The molecular formula is C12H22O12. The molecule has 0 unspecified atom stereocenters. The Hall–Kier alpha value is -0.930. The maximum Gasteiger partial charge on any atom is 0.335 e. The Morgan fingerprint density at radius 2 is 1.62 bits per heavy atom. The molecule has 9 atom stereocenters. The van der Waals surface area contributed by atoms with E-state index in [1.165, 1.54) is 0 Å². The van der Waals surface area contributed by atoms with Gasteiger partial charge in [-0.25, -0.2) is 4.79 Å². The van der Waals surface area contributed by atoms with Crippen LogP contribution in [-0.2, 0) is 14.3 Å². The molecule has 0 radical (unpaired) electrons. The Labute approximate surface area is 135 Å². The fourth-order valence-corrected chi connectivity index (χ4v) is 2.16. The van der Waals surface area contributed by atoms with Gasteiger partial charge in [0, 0.05) is 0 Å². The molecule has 1 aliphatic heterocycles. The predicted molar refractivity (Wildman–Crippen MR) is 71.4 cm³/mol. The molecule has 0 saturated carbocycles. The molecule has 1 aliphatic rings. The van der Waals surface area contributed by atoms with Gasteiger partial charge in [-0.2, -0.15) is 0 Å². The molecule has 142 valence electrons. The summed E-state index contributed by atoms with van der Waals surface area (Å²) < 4.78 is 9.98. The fraction of sp³-hybridized carbons (Fsp3) is 0.917. The summed E-state index contributed by atoms with van der Waals surface area (Å²) in [6.45, 7) is -1.76. The standard InChI is InChI=1S/C12H22O12/c13-1-3(15)10(7(18)8(19)11(21)22)24-12-9(20)6(17)5(16)4(2-14)23-12/h3-10,12-20H,1-2H2,(H,21,22)/t3-,4-,5-,6+,7-,8-,9-,10-,12+/m1/s1. The summed E-state index contributed by atoms with van der Waals surface area (Å²) in [4.78, 5) is 10.7. The van der Waals surface area contributed by atoms with Gasteiger partial charge >= 0.3 is 5.97 Å². The third-order valence-electron chi connectivity index (χ3n) is 3.62. The lowest BCUT2D eigenvalue weighted by Crippen LogP contribution is -2.61. The molecule has 1 rings (SSSR count). The zero-order valence-corrected chi connectivity index (χ0v) is 12.4. The van der Waals surface area contributed by atoms with Crippen LogP contribution in [0.15, 0.2) is 0 Å². The number of aliphatic hydroxyl groups is 8. The quantitative estimate of drug-likeness (QED) is 0.198. The number of carboxylic acid groups (broad SMARTS) is 1. The van der Waals surface area contributed by atoms with Gasteiger partial charge < -0.3 is 55.4 Å². The van der Waals surface area contributed by atoms with Crippen LogP contribution < -0.4 is 0 Å². The van der Waals surface area contributed by atoms with Crippen LogP contribution in [-0.4, -0.2) is 120 Å². The normalized spacial score (nSPS) is 35.9. The number of carbonyl (C=O) groups is 1. The third-order valence-corrected chi connectivity index (χ3v) is 3.62. The maximum absolute atomic E-state index is 10.7. The van der Waals surface area contributed by atoms with E-state index in [-0.39, 0.29) is 0 Å². The molecule has 0 spiro atoms. The molecule has 0 aromatic heterocycles. The van der Waals surface area contributed by atoms with E-state index in [1.807, 2.05) is 0 Å². The molecule has 9 N–H and O–H groups in total. The van der Waals surface area contributed by atoms with Crippen molar-refractivity contribution in [3.8, 4) is 0 Å². The third kappa shape index (κ3) is 4.58. The zero-order chi connectivity index (χ0) is 18.6. The molecule has 0 aromatic carbocycles. The second-order valence-electron chi connectivity index (χ2n) is 5.32. The molecular weight excluding hydrogens is 336 g/mol. The van der Waals surface area contributed by atoms with Gasteiger partial charge in [-0.3, -0.25) is 0 Å². The molecule has 1 fully saturated rings. The minimum atomic E-state index is -2.39. The van der Waals surface area contributed by atoms with Crippen molar-refractivity contribution in [3.05, 3.63) is 0 Å². The van der Waals surface area contributed by atoms with Gasteiger partial charge in [-0.05, 0) is 0 Å². The fourth-order valence-electron chi connectivity index (χ4n) is 2.16. The number of hydrogen-bond acceptors (Lipinski definition) is 11. The molecule has 0 amide bonds. The monoisotopic (exact) mass is 358 g/mol. The van der Waals surface area contributed by atoms with Gasteiger partial charge in [-0.15, -0.1) is 0 Å². The first-order valence-electron chi connectivity index (χ1n) is 6.99. The van der Waals surface area contributed by atoms with Crippen LogP contribution in [0, 0.1) is 0 Å². The summed E-state index contributed by atoms with van der Waals surface area (Å²) in [7, 11) is 0. The van der Waals surface area contributed by atoms with Gasteiger partial charge in [0.15, 0.2) is 12.4 Å². The number of carboxylic acids is 1. The van der Waals surface area contributed by atoms with Crippen LogP contribution in [0.3, 0.4) is 0 Å². The van der Waals surface area contributed by atoms with Gasteiger partial charge in [0.2, 0.25) is 0 Å². The Balaban J connectivity index is 2.94. The van der Waals surface area contributed by atoms with Crippen molar-refractivity contribution in [2.45, 2.75) is 55.1 Å². The van der Waals surface area contributed by atoms with E-state index in [0.717, 1.165) is 0 Å². The highest BCUT2D eigenvalue weighted by Crippen LogP contribution is 2.24. The number of aliphatic hydroxyl groups excluding tert-OH is 8. The Morgan fingerprint density at radius 1 is 1.04 bits per heavy atom. The van der Waals surface area contributed by atoms with Crippen molar-refractivity contribution in [2.24, 2.45) is 0 Å². The molecule has 0 bridgehead atoms. The smallest absolute Gasteiger partial charge is 0.335 e. The van der Waals surface area contributed by atoms with E-state index in [4.69, 9.17) is 24.8 Å². The van der Waals surface area contributed by atoms with Crippen LogP contribution in [0.2, 0.25) is 0 Å². The Morgan fingerprint density at radius 3 is 2.08 bits per heavy atom. The second-order valence-corrected chi connectivity index (χ2v) is 5.32. The summed E-state index contributed by atoms with van der Waals surface area (Å²) in [6, 6.07) is 0. The highest BCUT2D eigenvalue weighted by Gasteiger charge is 2.47. The first-order valence-corrected chi connectivity index (χ1v) is 6.99. The van der Waals surface area contributed by atoms with E-state index in [9.17, 15) is 35.4 Å². The molecule has 12 heteroatoms. The average Bonchev–Trinajstić information content (AvgIpc) is 2.57. The minimum absolute atomic E-state index is 0.766. The lowest BCUT2D eigenvalue weighted by atomic mass is 9.98. The predicted octanol–water partition coefficient (Wildman–Crippen LogP) is -5.67. The van der Waals surface area contributed by atoms with Gasteiger partial charge in [0.05, 0.1) is 13.2 Å². The lowest BCUT2D eigenvalue weighted by molar-refractivity contribution is -0.326. The van der Waals surface area contributed by atoms with E-state index in [1.54, 1.807) is 0 Å². The number of rotatable bonds is 8. The van der Waals surface area contributed by atoms with Crippen molar-refractivity contribution < 1.29 is 60.2 Å². The van der Waals surface area contributed by atoms with Gasteiger partial charge in [-0.1, -0.05) is 0 Å². The minimum Gasteiger partial charge on any atom is -0.479 e. The van der Waals surface area contributed by atoms with E-state index < -0.39 is 74.3 Å². The van der Waals surface area contributed by atoms with Crippen LogP contribution in [0.1, 0.15) is 0 Å². The van der Waals surface area contributed by atoms with Crippen LogP contribution in [0.5, 0.6) is 0 Å². The number of aliphatic carboxylic acids is 1. The van der Waals surface area contributed by atoms with E-state index >= 15 is 0 Å². The van der Waals surface area contributed by atoms with Crippen LogP contribution in [0.25, 0.3) is 0 Å². The highest BCUT2D eigenvalue weighted by molar-refractivity contribution is 5.72. The summed E-state index contributed by atoms with van der Waals surface area (Å²) >= 11 is 0. The molecule has 12 nitrogen and oxygen atoms in total. The molecule has 24 heavy (non-hydrogen) atoms. The largest absolute Gasteiger partial charge is 0.479 e. The first-order chi connectivity index (χ1) is 11.1. The van der Waals surface area contributed by atoms with Crippen molar-refractivity contribution in [1.82, 2.24) is 0 Å². The van der Waals surface area contributed by atoms with Crippen molar-refractivity contribution in [3.63, 3.8) is 0 Å². The summed E-state index contributed by atoms with van der Waals surface area (Å²) in [5.41, 5.74) is 0. The molecule has 1 heterocycles. The SMILES string of the molecule is O=C(O)[C@H](O)[C@@H](O)[C@H](O[C@@H]1O[C@H](CO)[C@@H](O)[C@H](O)[C@H]1O)[C@H](O)CO. The second kappa shape index (κ2) is 8.96. The summed E-state index contributed by atoms with van der Waals surface area (Å²) in [6.07, 6.45) is -16.9. The van der Waals surface area contributed by atoms with Gasteiger partial charge in [0.1, 0.15) is 42.7 Å². The highest BCUT2D eigenvalue weighted by atomic mass is 16.7. The van der Waals surface area contributed by atoms with E-state index in [2.05, 4.69) is 0 Å². The number of hydrogen-bond donors (Lipinski definition) is 9. The molecule has 0 aromatic rings. The van der Waals surface area contributed by atoms with Crippen molar-refractivity contribution in [2.75, 3.05) is 13.2 Å².